The van der Waals surface area contributed by atoms with Crippen LogP contribution in [-0.4, -0.2) is 28.3 Å². The van der Waals surface area contributed by atoms with E-state index in [-0.39, 0.29) is 0 Å². The minimum atomic E-state index is 0.664. The van der Waals surface area contributed by atoms with Gasteiger partial charge >= 0.3 is 0 Å². The number of hydrogen-bond acceptors (Lipinski definition) is 5. The summed E-state index contributed by atoms with van der Waals surface area (Å²) in [5.74, 6) is 1.45. The van der Waals surface area contributed by atoms with E-state index in [0.29, 0.717) is 5.95 Å². The van der Waals surface area contributed by atoms with Gasteiger partial charge in [-0.25, -0.2) is 0 Å². The van der Waals surface area contributed by atoms with Crippen molar-refractivity contribution in [2.24, 2.45) is 0 Å². The van der Waals surface area contributed by atoms with E-state index >= 15 is 0 Å². The van der Waals surface area contributed by atoms with Gasteiger partial charge in [0.1, 0.15) is 0 Å². The topological polar surface area (TPSA) is 53.9 Å². The van der Waals surface area contributed by atoms with Crippen LogP contribution in [-0.2, 0) is 6.54 Å². The maximum Gasteiger partial charge on any atom is 0.247 e. The summed E-state index contributed by atoms with van der Waals surface area (Å²) < 4.78 is 0. The Labute approximate surface area is 120 Å². The number of benzene rings is 1. The zero-order chi connectivity index (χ0) is 14.2. The second-order valence-corrected chi connectivity index (χ2v) is 4.57. The van der Waals surface area contributed by atoms with E-state index in [9.17, 15) is 0 Å². The van der Waals surface area contributed by atoms with Gasteiger partial charge in [0.05, 0.1) is 6.20 Å². The molecule has 5 heteroatoms. The smallest absolute Gasteiger partial charge is 0.247 e. The minimum absolute atomic E-state index is 0.664. The van der Waals surface area contributed by atoms with E-state index in [0.717, 1.165) is 31.9 Å². The zero-order valence-electron chi connectivity index (χ0n) is 12.1. The molecule has 0 unspecified atom stereocenters. The fourth-order valence-corrected chi connectivity index (χ4v) is 1.89. The molecule has 0 spiro atoms. The van der Waals surface area contributed by atoms with Crippen molar-refractivity contribution in [1.29, 1.82) is 0 Å². The molecule has 1 N–H and O–H groups in total. The molecule has 0 fully saturated rings. The monoisotopic (exact) mass is 271 g/mol. The number of rotatable bonds is 7. The predicted molar refractivity (Wildman–Crippen MR) is 81.8 cm³/mol. The normalized spacial score (nSPS) is 10.3. The van der Waals surface area contributed by atoms with E-state index in [4.69, 9.17) is 0 Å². The summed E-state index contributed by atoms with van der Waals surface area (Å²) in [4.78, 5) is 6.63. The molecular weight excluding hydrogens is 250 g/mol. The average Bonchev–Trinajstić information content (AvgIpc) is 2.52. The van der Waals surface area contributed by atoms with Crippen LogP contribution in [0, 0.1) is 0 Å². The molecule has 0 aliphatic carbocycles. The Hall–Kier alpha value is -2.17. The van der Waals surface area contributed by atoms with Gasteiger partial charge in [-0.1, -0.05) is 37.3 Å². The molecule has 1 aromatic carbocycles. The fourth-order valence-electron chi connectivity index (χ4n) is 1.89. The molecular formula is C15H21N5. The maximum atomic E-state index is 4.52. The van der Waals surface area contributed by atoms with Crippen molar-refractivity contribution in [3.05, 3.63) is 42.1 Å². The highest BCUT2D eigenvalue weighted by atomic mass is 15.3. The molecule has 0 saturated heterocycles. The Balaban J connectivity index is 2.10. The highest BCUT2D eigenvalue weighted by Gasteiger charge is 2.09. The van der Waals surface area contributed by atoms with E-state index in [1.165, 1.54) is 5.56 Å². The molecule has 0 aliphatic rings. The van der Waals surface area contributed by atoms with Gasteiger partial charge in [-0.2, -0.15) is 10.1 Å². The first-order chi connectivity index (χ1) is 9.83. The summed E-state index contributed by atoms with van der Waals surface area (Å²) >= 11 is 0. The van der Waals surface area contributed by atoms with Crippen molar-refractivity contribution in [2.45, 2.75) is 26.8 Å². The second-order valence-electron chi connectivity index (χ2n) is 4.57. The first-order valence-electron chi connectivity index (χ1n) is 7.06. The van der Waals surface area contributed by atoms with Crippen LogP contribution >= 0.6 is 0 Å². The molecule has 0 bridgehead atoms. The number of anilines is 2. The lowest BCUT2D eigenvalue weighted by Crippen LogP contribution is -2.25. The molecule has 5 nitrogen and oxygen atoms in total. The van der Waals surface area contributed by atoms with Crippen LogP contribution in [0.1, 0.15) is 25.8 Å². The highest BCUT2D eigenvalue weighted by Crippen LogP contribution is 2.13. The summed E-state index contributed by atoms with van der Waals surface area (Å²) in [6.45, 7) is 6.74. The van der Waals surface area contributed by atoms with Gasteiger partial charge < -0.3 is 10.2 Å². The summed E-state index contributed by atoms with van der Waals surface area (Å²) in [5, 5.41) is 11.4. The summed E-state index contributed by atoms with van der Waals surface area (Å²) in [6.07, 6.45) is 2.72. The third-order valence-corrected chi connectivity index (χ3v) is 2.98. The number of aromatic nitrogens is 3. The quantitative estimate of drug-likeness (QED) is 0.839. The van der Waals surface area contributed by atoms with Crippen LogP contribution in [0.25, 0.3) is 0 Å². The molecule has 0 amide bonds. The Morgan fingerprint density at radius 1 is 1.15 bits per heavy atom. The summed E-state index contributed by atoms with van der Waals surface area (Å²) in [7, 11) is 0. The average molecular weight is 271 g/mol. The van der Waals surface area contributed by atoms with Gasteiger partial charge in [-0.05, 0) is 18.9 Å². The van der Waals surface area contributed by atoms with E-state index < -0.39 is 0 Å². The SMILES string of the molecule is CCCNc1cnnc(N(CC)Cc2ccccc2)n1. The van der Waals surface area contributed by atoms with Gasteiger partial charge in [0.15, 0.2) is 5.82 Å². The number of nitrogens with one attached hydrogen (secondary N) is 1. The van der Waals surface area contributed by atoms with Crippen molar-refractivity contribution in [1.82, 2.24) is 15.2 Å². The van der Waals surface area contributed by atoms with Crippen LogP contribution in [0.15, 0.2) is 36.5 Å². The summed E-state index contributed by atoms with van der Waals surface area (Å²) in [6, 6.07) is 10.3. The van der Waals surface area contributed by atoms with Crippen molar-refractivity contribution in [2.75, 3.05) is 23.3 Å². The molecule has 0 radical (unpaired) electrons. The van der Waals surface area contributed by atoms with Gasteiger partial charge in [0, 0.05) is 19.6 Å². The lowest BCUT2D eigenvalue weighted by molar-refractivity contribution is 0.769. The molecule has 0 saturated carbocycles. The molecule has 1 aromatic heterocycles. The maximum absolute atomic E-state index is 4.52. The Kier molecular flexibility index (Phi) is 5.29. The molecule has 106 valence electrons. The van der Waals surface area contributed by atoms with Crippen molar-refractivity contribution >= 4 is 11.8 Å². The Morgan fingerprint density at radius 3 is 2.65 bits per heavy atom. The van der Waals surface area contributed by atoms with Crippen LogP contribution in [0.2, 0.25) is 0 Å². The van der Waals surface area contributed by atoms with E-state index in [1.54, 1.807) is 6.20 Å². The first kappa shape index (κ1) is 14.2. The second kappa shape index (κ2) is 7.43. The molecule has 2 rings (SSSR count). The summed E-state index contributed by atoms with van der Waals surface area (Å²) in [5.41, 5.74) is 1.24. The fraction of sp³-hybridized carbons (Fsp3) is 0.400. The van der Waals surface area contributed by atoms with Crippen LogP contribution in [0.3, 0.4) is 0 Å². The molecule has 0 aliphatic heterocycles. The van der Waals surface area contributed by atoms with Crippen LogP contribution in [0.5, 0.6) is 0 Å². The molecule has 0 atom stereocenters. The first-order valence-corrected chi connectivity index (χ1v) is 7.06. The number of hydrogen-bond donors (Lipinski definition) is 1. The van der Waals surface area contributed by atoms with Crippen LogP contribution < -0.4 is 10.2 Å². The Morgan fingerprint density at radius 2 is 1.95 bits per heavy atom. The lowest BCUT2D eigenvalue weighted by atomic mass is 10.2. The van der Waals surface area contributed by atoms with E-state index in [1.807, 2.05) is 18.2 Å². The largest absolute Gasteiger partial charge is 0.369 e. The third-order valence-electron chi connectivity index (χ3n) is 2.98. The van der Waals surface area contributed by atoms with Gasteiger partial charge in [0.25, 0.3) is 0 Å². The lowest BCUT2D eigenvalue weighted by Gasteiger charge is -2.20. The van der Waals surface area contributed by atoms with Gasteiger partial charge in [-0.15, -0.1) is 5.10 Å². The van der Waals surface area contributed by atoms with Crippen molar-refractivity contribution < 1.29 is 0 Å². The number of nitrogens with zero attached hydrogens (tertiary/aromatic N) is 4. The standard InChI is InChI=1S/C15H21N5/c1-3-10-16-14-11-17-19-15(18-14)20(4-2)12-13-8-6-5-7-9-13/h5-9,11H,3-4,10,12H2,1-2H3,(H,16,18,19). The van der Waals surface area contributed by atoms with Gasteiger partial charge in [-0.3, -0.25) is 0 Å². The predicted octanol–water partition coefficient (Wildman–Crippen LogP) is 2.72. The van der Waals surface area contributed by atoms with Crippen molar-refractivity contribution in [3.63, 3.8) is 0 Å². The minimum Gasteiger partial charge on any atom is -0.369 e. The molecule has 1 heterocycles. The van der Waals surface area contributed by atoms with Crippen LogP contribution in [0.4, 0.5) is 11.8 Å². The van der Waals surface area contributed by atoms with E-state index in [2.05, 4.69) is 51.4 Å². The van der Waals surface area contributed by atoms with Gasteiger partial charge in [0.2, 0.25) is 5.95 Å². The van der Waals surface area contributed by atoms with Crippen molar-refractivity contribution in [3.8, 4) is 0 Å². The highest BCUT2D eigenvalue weighted by molar-refractivity contribution is 5.39. The third kappa shape index (κ3) is 3.91. The zero-order valence-corrected chi connectivity index (χ0v) is 12.1. The molecule has 2 aromatic rings. The Bertz CT molecular complexity index is 515. The molecule has 20 heavy (non-hydrogen) atoms.